The Hall–Kier alpha value is -1.03. The van der Waals surface area contributed by atoms with Crippen LogP contribution in [0.4, 0.5) is 0 Å². The fourth-order valence-corrected chi connectivity index (χ4v) is 2.53. The van der Waals surface area contributed by atoms with Gasteiger partial charge in [-0.15, -0.1) is 0 Å². The maximum Gasteiger partial charge on any atom is 0.255 e. The predicted octanol–water partition coefficient (Wildman–Crippen LogP) is 3.72. The summed E-state index contributed by atoms with van der Waals surface area (Å²) in [6.07, 6.45) is 0. The average molecular weight is 314 g/mol. The molecule has 100 valence electrons. The van der Waals surface area contributed by atoms with Gasteiger partial charge >= 0.3 is 0 Å². The lowest BCUT2D eigenvalue weighted by Crippen LogP contribution is -2.42. The van der Waals surface area contributed by atoms with Crippen LogP contribution < -0.4 is 4.74 Å². The lowest BCUT2D eigenvalue weighted by molar-refractivity contribution is 0.0643. The third-order valence-electron chi connectivity index (χ3n) is 2.75. The van der Waals surface area contributed by atoms with Crippen LogP contribution in [-0.4, -0.2) is 30.0 Å². The summed E-state index contributed by atoms with van der Waals surface area (Å²) < 4.78 is 5.89. The van der Waals surface area contributed by atoms with Crippen LogP contribution in [0.1, 0.15) is 38.1 Å². The normalized spacial score (nSPS) is 10.9. The van der Waals surface area contributed by atoms with Gasteiger partial charge in [0.2, 0.25) is 0 Å². The van der Waals surface area contributed by atoms with Crippen LogP contribution in [0, 0.1) is 0 Å². The molecule has 18 heavy (non-hydrogen) atoms. The van der Waals surface area contributed by atoms with Crippen molar-refractivity contribution in [1.29, 1.82) is 0 Å². The molecule has 0 unspecified atom stereocenters. The molecule has 1 aromatic carbocycles. The largest absolute Gasteiger partial charge is 0.497 e. The fraction of sp³-hybridized carbons (Fsp3) is 0.500. The first-order chi connectivity index (χ1) is 8.38. The van der Waals surface area contributed by atoms with Crippen molar-refractivity contribution in [1.82, 2.24) is 4.90 Å². The molecule has 0 aromatic heterocycles. The van der Waals surface area contributed by atoms with E-state index in [1.807, 2.05) is 38.7 Å². The minimum absolute atomic E-state index is 0.0366. The number of benzene rings is 1. The summed E-state index contributed by atoms with van der Waals surface area (Å²) in [7, 11) is 1.61. The fourth-order valence-electron chi connectivity index (χ4n) is 2.00. The van der Waals surface area contributed by atoms with Crippen molar-refractivity contribution in [2.75, 3.05) is 7.11 Å². The zero-order valence-electron chi connectivity index (χ0n) is 11.5. The van der Waals surface area contributed by atoms with Crippen LogP contribution >= 0.6 is 15.9 Å². The Morgan fingerprint density at radius 2 is 1.78 bits per heavy atom. The number of nitrogens with zero attached hydrogens (tertiary/aromatic N) is 1. The van der Waals surface area contributed by atoms with Gasteiger partial charge in [0.15, 0.2) is 0 Å². The van der Waals surface area contributed by atoms with Crippen LogP contribution in [-0.2, 0) is 0 Å². The van der Waals surface area contributed by atoms with Crippen molar-refractivity contribution >= 4 is 21.8 Å². The summed E-state index contributed by atoms with van der Waals surface area (Å²) in [5.41, 5.74) is 0.665. The van der Waals surface area contributed by atoms with Gasteiger partial charge in [0.1, 0.15) is 5.75 Å². The topological polar surface area (TPSA) is 29.5 Å². The lowest BCUT2D eigenvalue weighted by Gasteiger charge is -2.31. The highest BCUT2D eigenvalue weighted by Gasteiger charge is 2.23. The standard InChI is InChI=1S/C14H20BrNO2/c1-9(2)16(10(3)4)14(17)12-7-6-11(18-5)8-13(12)15/h6-10H,1-5H3. The van der Waals surface area contributed by atoms with Crippen LogP contribution in [0.3, 0.4) is 0 Å². The number of carbonyl (C=O) groups is 1. The molecular formula is C14H20BrNO2. The number of ether oxygens (including phenoxy) is 1. The molecule has 0 heterocycles. The third-order valence-corrected chi connectivity index (χ3v) is 3.41. The summed E-state index contributed by atoms with van der Waals surface area (Å²) in [5.74, 6) is 0.772. The molecule has 0 atom stereocenters. The lowest BCUT2D eigenvalue weighted by atomic mass is 10.1. The van der Waals surface area contributed by atoms with E-state index in [2.05, 4.69) is 15.9 Å². The van der Waals surface area contributed by atoms with Crippen LogP contribution in [0.5, 0.6) is 5.75 Å². The van der Waals surface area contributed by atoms with Gasteiger partial charge in [0.25, 0.3) is 5.91 Å². The quantitative estimate of drug-likeness (QED) is 0.848. The number of amides is 1. The first kappa shape index (κ1) is 15.0. The summed E-state index contributed by atoms with van der Waals surface area (Å²) in [6, 6.07) is 5.75. The van der Waals surface area contributed by atoms with Crippen molar-refractivity contribution in [3.63, 3.8) is 0 Å². The number of rotatable bonds is 4. The van der Waals surface area contributed by atoms with Gasteiger partial charge in [0, 0.05) is 16.6 Å². The molecule has 0 saturated carbocycles. The molecule has 0 saturated heterocycles. The Kier molecular flexibility index (Phi) is 5.20. The molecular weight excluding hydrogens is 294 g/mol. The number of carbonyl (C=O) groups excluding carboxylic acids is 1. The van der Waals surface area contributed by atoms with Gasteiger partial charge in [-0.3, -0.25) is 4.79 Å². The number of hydrogen-bond donors (Lipinski definition) is 0. The molecule has 1 amide bonds. The molecule has 0 aliphatic carbocycles. The highest BCUT2D eigenvalue weighted by Crippen LogP contribution is 2.25. The van der Waals surface area contributed by atoms with Crippen molar-refractivity contribution in [2.45, 2.75) is 39.8 Å². The summed E-state index contributed by atoms with van der Waals surface area (Å²) in [5, 5.41) is 0. The molecule has 0 fully saturated rings. The minimum atomic E-state index is 0.0366. The molecule has 0 aliphatic rings. The number of halogens is 1. The number of hydrogen-bond acceptors (Lipinski definition) is 2. The van der Waals surface area contributed by atoms with Gasteiger partial charge in [-0.25, -0.2) is 0 Å². The summed E-state index contributed by atoms with van der Waals surface area (Å²) >= 11 is 3.43. The maximum absolute atomic E-state index is 12.5. The SMILES string of the molecule is COc1ccc(C(=O)N(C(C)C)C(C)C)c(Br)c1. The first-order valence-corrected chi connectivity index (χ1v) is 6.84. The van der Waals surface area contributed by atoms with Crippen molar-refractivity contribution in [3.05, 3.63) is 28.2 Å². The molecule has 0 bridgehead atoms. The minimum Gasteiger partial charge on any atom is -0.497 e. The van der Waals surface area contributed by atoms with E-state index in [9.17, 15) is 4.79 Å². The van der Waals surface area contributed by atoms with E-state index < -0.39 is 0 Å². The molecule has 0 spiro atoms. The van der Waals surface area contributed by atoms with E-state index in [0.29, 0.717) is 5.56 Å². The van der Waals surface area contributed by atoms with E-state index in [1.54, 1.807) is 19.2 Å². The Labute approximate surface area is 117 Å². The van der Waals surface area contributed by atoms with E-state index in [1.165, 1.54) is 0 Å². The van der Waals surface area contributed by atoms with Crippen molar-refractivity contribution in [2.24, 2.45) is 0 Å². The Balaban J connectivity index is 3.09. The van der Waals surface area contributed by atoms with Gasteiger partial charge in [-0.1, -0.05) is 0 Å². The Morgan fingerprint density at radius 3 is 2.17 bits per heavy atom. The molecule has 1 rings (SSSR count). The van der Waals surface area contributed by atoms with Gasteiger partial charge in [-0.2, -0.15) is 0 Å². The van der Waals surface area contributed by atoms with Crippen LogP contribution in [0.2, 0.25) is 0 Å². The van der Waals surface area contributed by atoms with Crippen molar-refractivity contribution < 1.29 is 9.53 Å². The third kappa shape index (κ3) is 3.25. The zero-order chi connectivity index (χ0) is 13.9. The molecule has 1 aromatic rings. The van der Waals surface area contributed by atoms with Gasteiger partial charge in [-0.05, 0) is 61.8 Å². The highest BCUT2D eigenvalue weighted by molar-refractivity contribution is 9.10. The van der Waals surface area contributed by atoms with Crippen LogP contribution in [0.25, 0.3) is 0 Å². The van der Waals surface area contributed by atoms with E-state index in [0.717, 1.165) is 10.2 Å². The summed E-state index contributed by atoms with van der Waals surface area (Å²) in [6.45, 7) is 8.09. The number of methoxy groups -OCH3 is 1. The molecule has 3 nitrogen and oxygen atoms in total. The summed E-state index contributed by atoms with van der Waals surface area (Å²) in [4.78, 5) is 14.4. The van der Waals surface area contributed by atoms with Gasteiger partial charge in [0.05, 0.1) is 12.7 Å². The smallest absolute Gasteiger partial charge is 0.255 e. The molecule has 0 N–H and O–H groups in total. The van der Waals surface area contributed by atoms with E-state index in [-0.39, 0.29) is 18.0 Å². The monoisotopic (exact) mass is 313 g/mol. The van der Waals surface area contributed by atoms with E-state index in [4.69, 9.17) is 4.74 Å². The second-order valence-electron chi connectivity index (χ2n) is 4.75. The van der Waals surface area contributed by atoms with Crippen molar-refractivity contribution in [3.8, 4) is 5.75 Å². The molecule has 0 radical (unpaired) electrons. The second-order valence-corrected chi connectivity index (χ2v) is 5.60. The predicted molar refractivity (Wildman–Crippen MR) is 77.1 cm³/mol. The zero-order valence-corrected chi connectivity index (χ0v) is 13.1. The average Bonchev–Trinajstić information content (AvgIpc) is 2.27. The Bertz CT molecular complexity index is 422. The maximum atomic E-state index is 12.5. The Morgan fingerprint density at radius 1 is 1.22 bits per heavy atom. The van der Waals surface area contributed by atoms with Crippen LogP contribution in [0.15, 0.2) is 22.7 Å². The first-order valence-electron chi connectivity index (χ1n) is 6.04. The second kappa shape index (κ2) is 6.23. The van der Waals surface area contributed by atoms with Gasteiger partial charge < -0.3 is 9.64 Å². The van der Waals surface area contributed by atoms with E-state index >= 15 is 0 Å². The highest BCUT2D eigenvalue weighted by atomic mass is 79.9. The molecule has 0 aliphatic heterocycles. The molecule has 4 heteroatoms.